The van der Waals surface area contributed by atoms with Crippen molar-refractivity contribution < 1.29 is 13.2 Å². The van der Waals surface area contributed by atoms with E-state index in [9.17, 15) is 13.2 Å². The predicted molar refractivity (Wildman–Crippen MR) is 88.9 cm³/mol. The largest absolute Gasteiger partial charge is 0.294 e. The molecule has 0 bridgehead atoms. The van der Waals surface area contributed by atoms with Gasteiger partial charge >= 0.3 is 0 Å². The second-order valence-corrected chi connectivity index (χ2v) is 8.27. The lowest BCUT2D eigenvalue weighted by Crippen LogP contribution is -2.26. The smallest absolute Gasteiger partial charge is 0.267 e. The number of ketones is 1. The van der Waals surface area contributed by atoms with Crippen LogP contribution in [0.3, 0.4) is 0 Å². The van der Waals surface area contributed by atoms with Crippen molar-refractivity contribution in [1.82, 2.24) is 4.98 Å². The van der Waals surface area contributed by atoms with E-state index in [1.807, 2.05) is 0 Å². The normalized spacial score (nSPS) is 11.5. The van der Waals surface area contributed by atoms with Crippen molar-refractivity contribution in [2.24, 2.45) is 0 Å². The van der Waals surface area contributed by atoms with Gasteiger partial charge < -0.3 is 0 Å². The standard InChI is InChI=1S/C13H12Cl2N2O3S2/c1-7-12(8(2)18)21-13(16-7)17(3)22(19,20)11-5-4-9(14)6-10(11)15/h4-6H,1-3H3. The van der Waals surface area contributed by atoms with E-state index >= 15 is 0 Å². The lowest BCUT2D eigenvalue weighted by Gasteiger charge is -2.17. The third-order valence-corrected chi connectivity index (χ3v) is 6.82. The number of benzene rings is 1. The number of rotatable bonds is 4. The Bertz CT molecular complexity index is 847. The average molecular weight is 379 g/mol. The van der Waals surface area contributed by atoms with E-state index in [1.54, 1.807) is 6.92 Å². The zero-order chi connectivity index (χ0) is 16.7. The van der Waals surface area contributed by atoms with Gasteiger partial charge in [0.25, 0.3) is 10.0 Å². The number of carbonyl (C=O) groups is 1. The van der Waals surface area contributed by atoms with Gasteiger partial charge in [0.2, 0.25) is 0 Å². The summed E-state index contributed by atoms with van der Waals surface area (Å²) in [5.41, 5.74) is 0.497. The average Bonchev–Trinajstić information content (AvgIpc) is 2.79. The Morgan fingerprint density at radius 1 is 1.32 bits per heavy atom. The quantitative estimate of drug-likeness (QED) is 0.759. The van der Waals surface area contributed by atoms with Crippen LogP contribution in [0.1, 0.15) is 22.3 Å². The molecular formula is C13H12Cl2N2O3S2. The Balaban J connectivity index is 2.49. The molecule has 0 radical (unpaired) electrons. The first kappa shape index (κ1) is 17.2. The zero-order valence-electron chi connectivity index (χ0n) is 11.9. The lowest BCUT2D eigenvalue weighted by atomic mass is 10.3. The van der Waals surface area contributed by atoms with E-state index in [1.165, 1.54) is 32.2 Å². The van der Waals surface area contributed by atoms with Crippen molar-refractivity contribution in [3.05, 3.63) is 38.8 Å². The molecule has 0 aliphatic carbocycles. The summed E-state index contributed by atoms with van der Waals surface area (Å²) in [5.74, 6) is -0.156. The molecule has 22 heavy (non-hydrogen) atoms. The van der Waals surface area contributed by atoms with Crippen molar-refractivity contribution in [2.75, 3.05) is 11.4 Å². The van der Waals surface area contributed by atoms with E-state index < -0.39 is 10.0 Å². The Morgan fingerprint density at radius 3 is 2.45 bits per heavy atom. The molecular weight excluding hydrogens is 367 g/mol. The summed E-state index contributed by atoms with van der Waals surface area (Å²) in [6, 6.07) is 4.14. The van der Waals surface area contributed by atoms with Crippen LogP contribution in [0.4, 0.5) is 5.13 Å². The Morgan fingerprint density at radius 2 is 1.95 bits per heavy atom. The van der Waals surface area contributed by atoms with Gasteiger partial charge in [-0.25, -0.2) is 17.7 Å². The van der Waals surface area contributed by atoms with Gasteiger partial charge in [-0.05, 0) is 25.1 Å². The van der Waals surface area contributed by atoms with E-state index in [0.29, 0.717) is 15.6 Å². The molecule has 0 saturated heterocycles. The molecule has 1 aromatic heterocycles. The first-order chi connectivity index (χ1) is 10.1. The minimum atomic E-state index is -3.89. The monoisotopic (exact) mass is 378 g/mol. The third kappa shape index (κ3) is 3.12. The van der Waals surface area contributed by atoms with Crippen molar-refractivity contribution in [2.45, 2.75) is 18.7 Å². The van der Waals surface area contributed by atoms with E-state index in [4.69, 9.17) is 23.2 Å². The minimum Gasteiger partial charge on any atom is -0.294 e. The number of halogens is 2. The topological polar surface area (TPSA) is 67.3 Å². The summed E-state index contributed by atoms with van der Waals surface area (Å²) >= 11 is 12.8. The maximum absolute atomic E-state index is 12.6. The van der Waals surface area contributed by atoms with Crippen molar-refractivity contribution >= 4 is 55.5 Å². The minimum absolute atomic E-state index is 0.0272. The molecule has 0 spiro atoms. The van der Waals surface area contributed by atoms with Crippen LogP contribution >= 0.6 is 34.5 Å². The molecule has 0 fully saturated rings. The number of thiazole rings is 1. The van der Waals surface area contributed by atoms with Gasteiger partial charge in [-0.15, -0.1) is 0 Å². The SMILES string of the molecule is CC(=O)c1sc(N(C)S(=O)(=O)c2ccc(Cl)cc2Cl)nc1C. The molecule has 0 aliphatic heterocycles. The highest BCUT2D eigenvalue weighted by Gasteiger charge is 2.27. The van der Waals surface area contributed by atoms with Gasteiger partial charge in [-0.3, -0.25) is 4.79 Å². The second-order valence-electron chi connectivity index (χ2n) is 4.51. The summed E-state index contributed by atoms with van der Waals surface area (Å²) in [4.78, 5) is 16.0. The molecule has 0 unspecified atom stereocenters. The fourth-order valence-electron chi connectivity index (χ4n) is 1.78. The Labute approximate surface area is 142 Å². The molecule has 1 heterocycles. The van der Waals surface area contributed by atoms with Crippen molar-refractivity contribution in [1.29, 1.82) is 0 Å². The number of anilines is 1. The number of nitrogens with zero attached hydrogens (tertiary/aromatic N) is 2. The highest BCUT2D eigenvalue weighted by molar-refractivity contribution is 7.93. The van der Waals surface area contributed by atoms with Gasteiger partial charge in [0.05, 0.1) is 15.6 Å². The van der Waals surface area contributed by atoms with Crippen molar-refractivity contribution in [3.63, 3.8) is 0 Å². The van der Waals surface area contributed by atoms with Gasteiger partial charge in [0.1, 0.15) is 4.90 Å². The Kier molecular flexibility index (Phi) is 4.81. The molecule has 0 saturated carbocycles. The fourth-order valence-corrected chi connectivity index (χ4v) is 4.80. The first-order valence-electron chi connectivity index (χ1n) is 6.07. The maximum atomic E-state index is 12.6. The number of hydrogen-bond donors (Lipinski definition) is 0. The van der Waals surface area contributed by atoms with Crippen molar-refractivity contribution in [3.8, 4) is 0 Å². The van der Waals surface area contributed by atoms with Crippen LogP contribution in [0.25, 0.3) is 0 Å². The van der Waals surface area contributed by atoms with Crippen LogP contribution in [-0.4, -0.2) is 26.2 Å². The number of hydrogen-bond acceptors (Lipinski definition) is 5. The highest BCUT2D eigenvalue weighted by Crippen LogP contribution is 2.32. The number of Topliss-reactive ketones (excluding diaryl/α,β-unsaturated/α-hetero) is 1. The van der Waals surface area contributed by atoms with Gasteiger partial charge in [-0.1, -0.05) is 34.5 Å². The summed E-state index contributed by atoms with van der Waals surface area (Å²) in [5, 5.41) is 0.573. The van der Waals surface area contributed by atoms with Crippen LogP contribution in [0.15, 0.2) is 23.1 Å². The van der Waals surface area contributed by atoms with E-state index in [2.05, 4.69) is 4.98 Å². The predicted octanol–water partition coefficient (Wildman–Crippen LogP) is 3.79. The summed E-state index contributed by atoms with van der Waals surface area (Å²) in [7, 11) is -2.53. The zero-order valence-corrected chi connectivity index (χ0v) is 15.1. The molecule has 0 N–H and O–H groups in total. The molecule has 0 amide bonds. The molecule has 2 rings (SSSR count). The van der Waals surface area contributed by atoms with E-state index in [-0.39, 0.29) is 20.8 Å². The van der Waals surface area contributed by atoms with Gasteiger partial charge in [-0.2, -0.15) is 0 Å². The molecule has 9 heteroatoms. The summed E-state index contributed by atoms with van der Waals surface area (Å²) < 4.78 is 26.3. The molecule has 118 valence electrons. The fraction of sp³-hybridized carbons (Fsp3) is 0.231. The number of aromatic nitrogens is 1. The third-order valence-electron chi connectivity index (χ3n) is 2.91. The van der Waals surface area contributed by atoms with E-state index in [0.717, 1.165) is 15.6 Å². The molecule has 0 atom stereocenters. The number of sulfonamides is 1. The number of aryl methyl sites for hydroxylation is 1. The van der Waals surface area contributed by atoms with Gasteiger partial charge in [0.15, 0.2) is 10.9 Å². The molecule has 0 aliphatic rings. The molecule has 2 aromatic rings. The summed E-state index contributed by atoms with van der Waals surface area (Å²) in [6.07, 6.45) is 0. The maximum Gasteiger partial charge on any atom is 0.267 e. The molecule has 1 aromatic carbocycles. The van der Waals surface area contributed by atoms with Crippen LogP contribution < -0.4 is 4.31 Å². The molecule has 5 nitrogen and oxygen atoms in total. The van der Waals surface area contributed by atoms with Gasteiger partial charge in [0, 0.05) is 19.0 Å². The summed E-state index contributed by atoms with van der Waals surface area (Å²) in [6.45, 7) is 3.07. The Hall–Kier alpha value is -1.15. The first-order valence-corrected chi connectivity index (χ1v) is 9.08. The van der Waals surface area contributed by atoms with Crippen LogP contribution in [0, 0.1) is 6.92 Å². The van der Waals surface area contributed by atoms with Crippen LogP contribution in [0.2, 0.25) is 10.0 Å². The van der Waals surface area contributed by atoms with Crippen LogP contribution in [0.5, 0.6) is 0 Å². The number of carbonyl (C=O) groups excluding carboxylic acids is 1. The highest BCUT2D eigenvalue weighted by atomic mass is 35.5. The van der Waals surface area contributed by atoms with Crippen LogP contribution in [-0.2, 0) is 10.0 Å². The second kappa shape index (κ2) is 6.16. The lowest BCUT2D eigenvalue weighted by molar-refractivity contribution is 0.102.